The standard InChI is InChI=1S/C11H20O3/c1-4-5-6-9(2)11(13)14-8-7-10(3)12/h10,12H,2,4-8H2,1,3H3. The third-order valence-corrected chi connectivity index (χ3v) is 1.89. The third-order valence-electron chi connectivity index (χ3n) is 1.89. The molecule has 0 aromatic heterocycles. The molecule has 0 aliphatic carbocycles. The molecule has 0 bridgehead atoms. The zero-order valence-corrected chi connectivity index (χ0v) is 9.08. The Hall–Kier alpha value is -0.830. The van der Waals surface area contributed by atoms with Crippen LogP contribution in [0.1, 0.15) is 39.5 Å². The molecule has 3 nitrogen and oxygen atoms in total. The first-order chi connectivity index (χ1) is 6.57. The molecule has 0 spiro atoms. The van der Waals surface area contributed by atoms with Crippen molar-refractivity contribution >= 4 is 5.97 Å². The van der Waals surface area contributed by atoms with Gasteiger partial charge in [0.05, 0.1) is 12.7 Å². The van der Waals surface area contributed by atoms with E-state index in [9.17, 15) is 4.79 Å². The number of hydrogen-bond donors (Lipinski definition) is 1. The van der Waals surface area contributed by atoms with Gasteiger partial charge in [-0.15, -0.1) is 0 Å². The van der Waals surface area contributed by atoms with Crippen LogP contribution in [0.2, 0.25) is 0 Å². The van der Waals surface area contributed by atoms with Crippen LogP contribution in [0.15, 0.2) is 12.2 Å². The van der Waals surface area contributed by atoms with E-state index in [0.29, 0.717) is 18.4 Å². The molecule has 1 atom stereocenters. The van der Waals surface area contributed by atoms with Crippen LogP contribution >= 0.6 is 0 Å². The van der Waals surface area contributed by atoms with E-state index in [1.54, 1.807) is 6.92 Å². The molecule has 1 N–H and O–H groups in total. The van der Waals surface area contributed by atoms with E-state index in [1.165, 1.54) is 0 Å². The van der Waals surface area contributed by atoms with E-state index in [1.807, 2.05) is 0 Å². The van der Waals surface area contributed by atoms with Gasteiger partial charge in [0.15, 0.2) is 0 Å². The van der Waals surface area contributed by atoms with Crippen molar-refractivity contribution in [1.29, 1.82) is 0 Å². The summed E-state index contributed by atoms with van der Waals surface area (Å²) < 4.78 is 4.91. The van der Waals surface area contributed by atoms with Crippen LogP contribution in [0, 0.1) is 0 Å². The smallest absolute Gasteiger partial charge is 0.333 e. The van der Waals surface area contributed by atoms with Gasteiger partial charge in [0, 0.05) is 12.0 Å². The highest BCUT2D eigenvalue weighted by Gasteiger charge is 2.07. The summed E-state index contributed by atoms with van der Waals surface area (Å²) >= 11 is 0. The first-order valence-electron chi connectivity index (χ1n) is 5.10. The molecule has 0 rings (SSSR count). The van der Waals surface area contributed by atoms with Crippen LogP contribution in [0.25, 0.3) is 0 Å². The summed E-state index contributed by atoms with van der Waals surface area (Å²) in [5.74, 6) is -0.334. The first-order valence-corrected chi connectivity index (χ1v) is 5.10. The van der Waals surface area contributed by atoms with Gasteiger partial charge >= 0.3 is 5.97 Å². The van der Waals surface area contributed by atoms with E-state index >= 15 is 0 Å². The van der Waals surface area contributed by atoms with Crippen molar-refractivity contribution < 1.29 is 14.6 Å². The molecule has 14 heavy (non-hydrogen) atoms. The highest BCUT2D eigenvalue weighted by Crippen LogP contribution is 2.07. The lowest BCUT2D eigenvalue weighted by Crippen LogP contribution is -2.12. The molecule has 82 valence electrons. The van der Waals surface area contributed by atoms with Crippen LogP contribution in [0.3, 0.4) is 0 Å². The van der Waals surface area contributed by atoms with Crippen molar-refractivity contribution in [1.82, 2.24) is 0 Å². The predicted molar refractivity (Wildman–Crippen MR) is 55.9 cm³/mol. The summed E-state index contributed by atoms with van der Waals surface area (Å²) in [5, 5.41) is 8.93. The van der Waals surface area contributed by atoms with Gasteiger partial charge in [0.25, 0.3) is 0 Å². The normalized spacial score (nSPS) is 12.2. The van der Waals surface area contributed by atoms with E-state index in [-0.39, 0.29) is 12.6 Å². The van der Waals surface area contributed by atoms with Crippen molar-refractivity contribution in [3.8, 4) is 0 Å². The Bertz CT molecular complexity index is 185. The van der Waals surface area contributed by atoms with Crippen molar-refractivity contribution in [2.24, 2.45) is 0 Å². The monoisotopic (exact) mass is 200 g/mol. The zero-order valence-electron chi connectivity index (χ0n) is 9.08. The molecule has 0 radical (unpaired) electrons. The lowest BCUT2D eigenvalue weighted by atomic mass is 10.1. The lowest BCUT2D eigenvalue weighted by Gasteiger charge is -2.07. The van der Waals surface area contributed by atoms with Crippen LogP contribution < -0.4 is 0 Å². The Labute approximate surface area is 85.8 Å². The first kappa shape index (κ1) is 13.2. The Balaban J connectivity index is 3.57. The third kappa shape index (κ3) is 6.66. The second-order valence-corrected chi connectivity index (χ2v) is 3.48. The van der Waals surface area contributed by atoms with Crippen molar-refractivity contribution in [3.05, 3.63) is 12.2 Å². The molecule has 3 heteroatoms. The highest BCUT2D eigenvalue weighted by atomic mass is 16.5. The molecular formula is C11H20O3. The van der Waals surface area contributed by atoms with E-state index in [0.717, 1.165) is 12.8 Å². The molecular weight excluding hydrogens is 180 g/mol. The van der Waals surface area contributed by atoms with Crippen molar-refractivity contribution in [2.75, 3.05) is 6.61 Å². The van der Waals surface area contributed by atoms with Crippen LogP contribution in [-0.4, -0.2) is 23.8 Å². The zero-order chi connectivity index (χ0) is 11.0. The molecule has 1 unspecified atom stereocenters. The van der Waals surface area contributed by atoms with E-state index in [4.69, 9.17) is 9.84 Å². The summed E-state index contributed by atoms with van der Waals surface area (Å²) in [6.07, 6.45) is 2.76. The number of unbranched alkanes of at least 4 members (excludes halogenated alkanes) is 1. The fourth-order valence-corrected chi connectivity index (χ4v) is 0.916. The summed E-state index contributed by atoms with van der Waals surface area (Å²) in [5.41, 5.74) is 0.525. The van der Waals surface area contributed by atoms with Gasteiger partial charge in [-0.1, -0.05) is 19.9 Å². The van der Waals surface area contributed by atoms with Gasteiger partial charge < -0.3 is 9.84 Å². The minimum Gasteiger partial charge on any atom is -0.462 e. The molecule has 0 saturated heterocycles. The average molecular weight is 200 g/mol. The Morgan fingerprint density at radius 3 is 2.71 bits per heavy atom. The number of rotatable bonds is 7. The van der Waals surface area contributed by atoms with Crippen molar-refractivity contribution in [2.45, 2.75) is 45.6 Å². The van der Waals surface area contributed by atoms with Crippen LogP contribution in [-0.2, 0) is 9.53 Å². The van der Waals surface area contributed by atoms with Gasteiger partial charge in [-0.25, -0.2) is 4.79 Å². The maximum Gasteiger partial charge on any atom is 0.333 e. The maximum atomic E-state index is 11.2. The van der Waals surface area contributed by atoms with Gasteiger partial charge in [-0.2, -0.15) is 0 Å². The lowest BCUT2D eigenvalue weighted by molar-refractivity contribution is -0.139. The highest BCUT2D eigenvalue weighted by molar-refractivity contribution is 5.87. The van der Waals surface area contributed by atoms with Crippen LogP contribution in [0.4, 0.5) is 0 Å². The molecule has 0 aliphatic heterocycles. The number of carbonyl (C=O) groups excluding carboxylic acids is 1. The molecule has 0 aromatic rings. The molecule has 0 aromatic carbocycles. The number of aliphatic hydroxyl groups excluding tert-OH is 1. The fraction of sp³-hybridized carbons (Fsp3) is 0.727. The Kier molecular flexibility index (Phi) is 7.11. The maximum absolute atomic E-state index is 11.2. The second-order valence-electron chi connectivity index (χ2n) is 3.48. The summed E-state index contributed by atoms with van der Waals surface area (Å²) in [6.45, 7) is 7.65. The fourth-order valence-electron chi connectivity index (χ4n) is 0.916. The van der Waals surface area contributed by atoms with Gasteiger partial charge in [-0.3, -0.25) is 0 Å². The van der Waals surface area contributed by atoms with Gasteiger partial charge in [-0.05, 0) is 19.8 Å². The summed E-state index contributed by atoms with van der Waals surface area (Å²) in [4.78, 5) is 11.2. The number of ether oxygens (including phenoxy) is 1. The number of carbonyl (C=O) groups is 1. The minimum atomic E-state index is -0.424. The Morgan fingerprint density at radius 2 is 2.21 bits per heavy atom. The van der Waals surface area contributed by atoms with Gasteiger partial charge in [0.1, 0.15) is 0 Å². The molecule has 0 saturated carbocycles. The van der Waals surface area contributed by atoms with Crippen molar-refractivity contribution in [3.63, 3.8) is 0 Å². The minimum absolute atomic E-state index is 0.266. The summed E-state index contributed by atoms with van der Waals surface area (Å²) in [7, 11) is 0. The average Bonchev–Trinajstić information content (AvgIpc) is 2.13. The number of aliphatic hydroxyl groups is 1. The molecule has 0 aliphatic rings. The largest absolute Gasteiger partial charge is 0.462 e. The molecule has 0 amide bonds. The number of esters is 1. The van der Waals surface area contributed by atoms with E-state index in [2.05, 4.69) is 13.5 Å². The topological polar surface area (TPSA) is 46.5 Å². The molecule has 0 heterocycles. The predicted octanol–water partition coefficient (Wildman–Crippen LogP) is 2.05. The Morgan fingerprint density at radius 1 is 1.57 bits per heavy atom. The van der Waals surface area contributed by atoms with E-state index < -0.39 is 6.10 Å². The molecule has 0 fully saturated rings. The van der Waals surface area contributed by atoms with Gasteiger partial charge in [0.2, 0.25) is 0 Å². The summed E-state index contributed by atoms with van der Waals surface area (Å²) in [6, 6.07) is 0. The quantitative estimate of drug-likeness (QED) is 0.505. The number of hydrogen-bond acceptors (Lipinski definition) is 3. The van der Waals surface area contributed by atoms with Crippen LogP contribution in [0.5, 0.6) is 0 Å². The SMILES string of the molecule is C=C(CCCC)C(=O)OCCC(C)O. The second kappa shape index (κ2) is 7.56.